The summed E-state index contributed by atoms with van der Waals surface area (Å²) < 4.78 is 24.4. The van der Waals surface area contributed by atoms with Gasteiger partial charge in [-0.25, -0.2) is 23.1 Å². The molecule has 1 heterocycles. The topological polar surface area (TPSA) is 110 Å². The Bertz CT molecular complexity index is 464. The van der Waals surface area contributed by atoms with E-state index >= 15 is 0 Å². The SMILES string of the molecule is CNS(=O)(=O)CCNc1ncnc(N)c1Cl. The fraction of sp³-hybridized carbons (Fsp3) is 0.429. The summed E-state index contributed by atoms with van der Waals surface area (Å²) in [6, 6.07) is 0. The Balaban J connectivity index is 2.59. The normalized spacial score (nSPS) is 11.4. The first kappa shape index (κ1) is 12.9. The third-order valence-electron chi connectivity index (χ3n) is 1.79. The summed E-state index contributed by atoms with van der Waals surface area (Å²) in [5, 5.41) is 2.95. The van der Waals surface area contributed by atoms with Crippen LogP contribution in [0.25, 0.3) is 0 Å². The van der Waals surface area contributed by atoms with E-state index in [9.17, 15) is 8.42 Å². The molecule has 90 valence electrons. The highest BCUT2D eigenvalue weighted by molar-refractivity contribution is 7.89. The van der Waals surface area contributed by atoms with Gasteiger partial charge >= 0.3 is 0 Å². The summed E-state index contributed by atoms with van der Waals surface area (Å²) in [4.78, 5) is 7.51. The van der Waals surface area contributed by atoms with Gasteiger partial charge in [0, 0.05) is 6.54 Å². The second kappa shape index (κ2) is 5.28. The highest BCUT2D eigenvalue weighted by Gasteiger charge is 2.09. The predicted octanol–water partition coefficient (Wildman–Crippen LogP) is -0.327. The molecule has 0 bridgehead atoms. The molecule has 1 aromatic heterocycles. The third-order valence-corrected chi connectivity index (χ3v) is 3.53. The summed E-state index contributed by atoms with van der Waals surface area (Å²) in [6.45, 7) is 0.180. The first-order chi connectivity index (χ1) is 7.46. The minimum atomic E-state index is -3.24. The molecule has 0 radical (unpaired) electrons. The summed E-state index contributed by atoms with van der Waals surface area (Å²) in [5.74, 6) is 0.389. The van der Waals surface area contributed by atoms with Crippen LogP contribution < -0.4 is 15.8 Å². The van der Waals surface area contributed by atoms with E-state index in [1.54, 1.807) is 0 Å². The molecule has 7 nitrogen and oxygen atoms in total. The highest BCUT2D eigenvalue weighted by Crippen LogP contribution is 2.22. The molecule has 0 unspecified atom stereocenters. The fourth-order valence-electron chi connectivity index (χ4n) is 0.913. The third kappa shape index (κ3) is 3.47. The van der Waals surface area contributed by atoms with E-state index in [0.717, 1.165) is 0 Å². The number of hydrogen-bond donors (Lipinski definition) is 3. The van der Waals surface area contributed by atoms with Crippen molar-refractivity contribution in [2.75, 3.05) is 30.4 Å². The number of rotatable bonds is 5. The van der Waals surface area contributed by atoms with Crippen molar-refractivity contribution < 1.29 is 8.42 Å². The van der Waals surface area contributed by atoms with Crippen LogP contribution >= 0.6 is 11.6 Å². The number of nitrogens with one attached hydrogen (secondary N) is 2. The van der Waals surface area contributed by atoms with E-state index in [4.69, 9.17) is 17.3 Å². The zero-order valence-corrected chi connectivity index (χ0v) is 10.1. The molecule has 0 aliphatic heterocycles. The molecule has 1 aromatic rings. The molecular weight excluding hydrogens is 254 g/mol. The lowest BCUT2D eigenvalue weighted by Crippen LogP contribution is -2.26. The van der Waals surface area contributed by atoms with Crippen LogP contribution in [0, 0.1) is 0 Å². The summed E-state index contributed by atoms with van der Waals surface area (Å²) in [6.07, 6.45) is 1.25. The lowest BCUT2D eigenvalue weighted by Gasteiger charge is -2.07. The Morgan fingerprint density at radius 3 is 2.81 bits per heavy atom. The van der Waals surface area contributed by atoms with Crippen LogP contribution in [0.2, 0.25) is 5.02 Å². The average molecular weight is 266 g/mol. The van der Waals surface area contributed by atoms with Crippen LogP contribution in [-0.2, 0) is 10.0 Å². The largest absolute Gasteiger partial charge is 0.382 e. The summed E-state index contributed by atoms with van der Waals surface area (Å²) >= 11 is 5.80. The van der Waals surface area contributed by atoms with Gasteiger partial charge in [0.05, 0.1) is 5.75 Å². The standard InChI is InChI=1S/C7H12ClN5O2S/c1-10-16(14,15)3-2-11-7-5(8)6(9)12-4-13-7/h4,10H,2-3H2,1H3,(H3,9,11,12,13). The molecule has 16 heavy (non-hydrogen) atoms. The van der Waals surface area contributed by atoms with Crippen molar-refractivity contribution in [3.63, 3.8) is 0 Å². The van der Waals surface area contributed by atoms with Gasteiger partial charge in [0.2, 0.25) is 10.0 Å². The van der Waals surface area contributed by atoms with Gasteiger partial charge < -0.3 is 11.1 Å². The minimum absolute atomic E-state index is 0.0796. The number of sulfonamides is 1. The Labute approximate surface area is 98.5 Å². The number of aromatic nitrogens is 2. The van der Waals surface area contributed by atoms with Crippen LogP contribution in [0.4, 0.5) is 11.6 Å². The predicted molar refractivity (Wildman–Crippen MR) is 62.8 cm³/mol. The highest BCUT2D eigenvalue weighted by atomic mass is 35.5. The molecular formula is C7H12ClN5O2S. The number of anilines is 2. The van der Waals surface area contributed by atoms with Crippen LogP contribution in [0.5, 0.6) is 0 Å². The molecule has 4 N–H and O–H groups in total. The van der Waals surface area contributed by atoms with E-state index in [1.807, 2.05) is 0 Å². The van der Waals surface area contributed by atoms with Gasteiger partial charge in [-0.3, -0.25) is 0 Å². The lowest BCUT2D eigenvalue weighted by molar-refractivity contribution is 0.588. The maximum Gasteiger partial charge on any atom is 0.213 e. The van der Waals surface area contributed by atoms with E-state index in [0.29, 0.717) is 5.82 Å². The second-order valence-electron chi connectivity index (χ2n) is 2.87. The number of hydrogen-bond acceptors (Lipinski definition) is 6. The van der Waals surface area contributed by atoms with Gasteiger partial charge in [-0.1, -0.05) is 11.6 Å². The molecule has 0 fully saturated rings. The molecule has 0 aliphatic carbocycles. The molecule has 0 spiro atoms. The quantitative estimate of drug-likeness (QED) is 0.673. The Hall–Kier alpha value is -1.12. The number of halogens is 1. The van der Waals surface area contributed by atoms with E-state index in [-0.39, 0.29) is 23.1 Å². The first-order valence-electron chi connectivity index (χ1n) is 4.37. The molecule has 0 aromatic carbocycles. The average Bonchev–Trinajstić information content (AvgIpc) is 2.24. The smallest absolute Gasteiger partial charge is 0.213 e. The van der Waals surface area contributed by atoms with Gasteiger partial charge in [-0.15, -0.1) is 0 Å². The minimum Gasteiger partial charge on any atom is -0.382 e. The second-order valence-corrected chi connectivity index (χ2v) is 5.30. The lowest BCUT2D eigenvalue weighted by atomic mass is 10.5. The molecule has 9 heteroatoms. The maximum absolute atomic E-state index is 11.1. The maximum atomic E-state index is 11.1. The zero-order valence-electron chi connectivity index (χ0n) is 8.57. The van der Waals surface area contributed by atoms with Crippen molar-refractivity contribution in [1.82, 2.24) is 14.7 Å². The first-order valence-corrected chi connectivity index (χ1v) is 6.40. The number of nitrogens with two attached hydrogens (primary N) is 1. The van der Waals surface area contributed by atoms with Crippen molar-refractivity contribution in [2.24, 2.45) is 0 Å². The Kier molecular flexibility index (Phi) is 4.27. The van der Waals surface area contributed by atoms with E-state index in [1.165, 1.54) is 13.4 Å². The number of nitrogens with zero attached hydrogens (tertiary/aromatic N) is 2. The van der Waals surface area contributed by atoms with Gasteiger partial charge in [0.25, 0.3) is 0 Å². The van der Waals surface area contributed by atoms with Gasteiger partial charge in [0.1, 0.15) is 23.0 Å². The van der Waals surface area contributed by atoms with Gasteiger partial charge in [-0.2, -0.15) is 0 Å². The molecule has 1 rings (SSSR count). The molecule has 0 atom stereocenters. The van der Waals surface area contributed by atoms with Crippen LogP contribution in [0.1, 0.15) is 0 Å². The van der Waals surface area contributed by atoms with Crippen molar-refractivity contribution in [3.05, 3.63) is 11.3 Å². The Morgan fingerprint density at radius 2 is 2.19 bits per heavy atom. The molecule has 0 aliphatic rings. The summed E-state index contributed by atoms with van der Waals surface area (Å²) in [5.41, 5.74) is 5.45. The molecule has 0 amide bonds. The number of nitrogen functional groups attached to an aromatic ring is 1. The van der Waals surface area contributed by atoms with Crippen molar-refractivity contribution in [2.45, 2.75) is 0 Å². The monoisotopic (exact) mass is 265 g/mol. The van der Waals surface area contributed by atoms with Gasteiger partial charge in [-0.05, 0) is 7.05 Å². The van der Waals surface area contributed by atoms with Crippen LogP contribution in [-0.4, -0.2) is 37.7 Å². The Morgan fingerprint density at radius 1 is 1.50 bits per heavy atom. The zero-order chi connectivity index (χ0) is 12.2. The van der Waals surface area contributed by atoms with E-state index < -0.39 is 10.0 Å². The molecule has 0 saturated heterocycles. The van der Waals surface area contributed by atoms with Crippen LogP contribution in [0.3, 0.4) is 0 Å². The van der Waals surface area contributed by atoms with Crippen molar-refractivity contribution in [1.29, 1.82) is 0 Å². The van der Waals surface area contributed by atoms with Gasteiger partial charge in [0.15, 0.2) is 0 Å². The summed E-state index contributed by atoms with van der Waals surface area (Å²) in [7, 11) is -1.89. The fourth-order valence-corrected chi connectivity index (χ4v) is 1.65. The van der Waals surface area contributed by atoms with E-state index in [2.05, 4.69) is 20.0 Å². The molecule has 0 saturated carbocycles. The van der Waals surface area contributed by atoms with Crippen molar-refractivity contribution >= 4 is 33.3 Å². The van der Waals surface area contributed by atoms with Crippen LogP contribution in [0.15, 0.2) is 6.33 Å². The van der Waals surface area contributed by atoms with Crippen molar-refractivity contribution in [3.8, 4) is 0 Å².